The van der Waals surface area contributed by atoms with Crippen LogP contribution in [0.3, 0.4) is 0 Å². The average molecular weight is 326 g/mol. The zero-order valence-corrected chi connectivity index (χ0v) is 13.9. The van der Waals surface area contributed by atoms with E-state index in [4.69, 9.17) is 4.74 Å². The van der Waals surface area contributed by atoms with Crippen molar-refractivity contribution in [3.63, 3.8) is 0 Å². The van der Waals surface area contributed by atoms with Crippen LogP contribution >= 0.6 is 0 Å². The minimum Gasteiger partial charge on any atom is -0.496 e. The van der Waals surface area contributed by atoms with Gasteiger partial charge in [-0.2, -0.15) is 0 Å². The van der Waals surface area contributed by atoms with E-state index in [9.17, 15) is 4.79 Å². The molecule has 2 aliphatic rings. The Kier molecular flexibility index (Phi) is 3.96. The minimum atomic E-state index is 0.113. The maximum absolute atomic E-state index is 13.0. The maximum Gasteiger partial charge on any atom is 0.254 e. The van der Waals surface area contributed by atoms with Gasteiger partial charge in [0, 0.05) is 18.3 Å². The number of benzene rings is 1. The van der Waals surface area contributed by atoms with E-state index < -0.39 is 0 Å². The summed E-state index contributed by atoms with van der Waals surface area (Å²) in [6, 6.07) is 6.04. The summed E-state index contributed by atoms with van der Waals surface area (Å²) >= 11 is 0. The highest BCUT2D eigenvalue weighted by molar-refractivity contribution is 5.95. The van der Waals surface area contributed by atoms with Gasteiger partial charge in [-0.3, -0.25) is 9.48 Å². The molecule has 2 heterocycles. The normalized spacial score (nSPS) is 20.4. The van der Waals surface area contributed by atoms with E-state index in [1.807, 2.05) is 29.3 Å². The van der Waals surface area contributed by atoms with Crippen LogP contribution in [0, 0.1) is 0 Å². The second-order valence-electron chi connectivity index (χ2n) is 6.65. The lowest BCUT2D eigenvalue weighted by atomic mass is 10.0. The molecule has 1 aliphatic carbocycles. The van der Waals surface area contributed by atoms with Crippen molar-refractivity contribution in [2.24, 2.45) is 0 Å². The van der Waals surface area contributed by atoms with Crippen LogP contribution in [0.4, 0.5) is 0 Å². The standard InChI is InChI=1S/C18H22N4O2/c1-24-17-7-6-14(11-16(17)13-4-5-13)18(23)22-9-2-3-15(22)12-21-10-8-19-20-21/h6-8,10-11,13,15H,2-5,9,12H2,1H3/t15-/m0/s1. The van der Waals surface area contributed by atoms with Crippen LogP contribution < -0.4 is 4.74 Å². The maximum atomic E-state index is 13.0. The molecule has 2 aromatic rings. The van der Waals surface area contributed by atoms with Crippen molar-refractivity contribution in [1.29, 1.82) is 0 Å². The van der Waals surface area contributed by atoms with Crippen LogP contribution in [0.5, 0.6) is 5.75 Å². The highest BCUT2D eigenvalue weighted by Gasteiger charge is 2.32. The van der Waals surface area contributed by atoms with Gasteiger partial charge in [0.05, 0.1) is 25.9 Å². The smallest absolute Gasteiger partial charge is 0.254 e. The van der Waals surface area contributed by atoms with Crippen molar-refractivity contribution in [2.75, 3.05) is 13.7 Å². The molecule has 1 aliphatic heterocycles. The lowest BCUT2D eigenvalue weighted by Gasteiger charge is -2.25. The number of hydrogen-bond donors (Lipinski definition) is 0. The second kappa shape index (κ2) is 6.26. The summed E-state index contributed by atoms with van der Waals surface area (Å²) in [7, 11) is 1.69. The Morgan fingerprint density at radius 1 is 1.33 bits per heavy atom. The number of hydrogen-bond acceptors (Lipinski definition) is 4. The van der Waals surface area contributed by atoms with Gasteiger partial charge in [0.15, 0.2) is 0 Å². The largest absolute Gasteiger partial charge is 0.496 e. The van der Waals surface area contributed by atoms with Crippen molar-refractivity contribution in [3.05, 3.63) is 41.7 Å². The molecule has 0 N–H and O–H groups in total. The Morgan fingerprint density at radius 3 is 2.92 bits per heavy atom. The van der Waals surface area contributed by atoms with E-state index in [-0.39, 0.29) is 11.9 Å². The van der Waals surface area contributed by atoms with Gasteiger partial charge in [0.2, 0.25) is 0 Å². The van der Waals surface area contributed by atoms with Crippen LogP contribution in [0.25, 0.3) is 0 Å². The third-order valence-electron chi connectivity index (χ3n) is 5.00. The predicted molar refractivity (Wildman–Crippen MR) is 89.0 cm³/mol. The average Bonchev–Trinajstić information content (AvgIpc) is 3.13. The molecule has 24 heavy (non-hydrogen) atoms. The molecule has 1 aromatic heterocycles. The molecule has 0 spiro atoms. The van der Waals surface area contributed by atoms with Crippen LogP contribution in [0.2, 0.25) is 0 Å². The molecule has 6 nitrogen and oxygen atoms in total. The molecular formula is C18H22N4O2. The van der Waals surface area contributed by atoms with E-state index in [0.717, 1.165) is 30.7 Å². The van der Waals surface area contributed by atoms with Crippen molar-refractivity contribution in [1.82, 2.24) is 19.9 Å². The molecule has 1 saturated carbocycles. The molecule has 2 fully saturated rings. The van der Waals surface area contributed by atoms with Gasteiger partial charge in [0.25, 0.3) is 5.91 Å². The first-order chi connectivity index (χ1) is 11.8. The zero-order valence-electron chi connectivity index (χ0n) is 13.9. The minimum absolute atomic E-state index is 0.113. The van der Waals surface area contributed by atoms with Gasteiger partial charge < -0.3 is 9.64 Å². The molecule has 1 aromatic carbocycles. The molecule has 0 bridgehead atoms. The van der Waals surface area contributed by atoms with Crippen LogP contribution in [-0.2, 0) is 6.54 Å². The molecule has 1 amide bonds. The molecule has 126 valence electrons. The fourth-order valence-electron chi connectivity index (χ4n) is 3.59. The number of rotatable bonds is 5. The molecule has 0 radical (unpaired) electrons. The first-order valence-electron chi connectivity index (χ1n) is 8.59. The first kappa shape index (κ1) is 15.2. The van der Waals surface area contributed by atoms with E-state index in [0.29, 0.717) is 12.5 Å². The Morgan fingerprint density at radius 2 is 2.21 bits per heavy atom. The van der Waals surface area contributed by atoms with Crippen LogP contribution in [0.1, 0.15) is 47.5 Å². The summed E-state index contributed by atoms with van der Waals surface area (Å²) in [6.07, 6.45) is 7.94. The van der Waals surface area contributed by atoms with Gasteiger partial charge >= 0.3 is 0 Å². The van der Waals surface area contributed by atoms with Gasteiger partial charge in [-0.1, -0.05) is 5.21 Å². The number of amides is 1. The quantitative estimate of drug-likeness (QED) is 0.847. The third-order valence-corrected chi connectivity index (χ3v) is 5.00. The molecule has 6 heteroatoms. The van der Waals surface area contributed by atoms with Crippen molar-refractivity contribution < 1.29 is 9.53 Å². The Hall–Kier alpha value is -2.37. The summed E-state index contributed by atoms with van der Waals surface area (Å²) < 4.78 is 7.26. The summed E-state index contributed by atoms with van der Waals surface area (Å²) in [5.41, 5.74) is 1.94. The molecule has 1 atom stereocenters. The lowest BCUT2D eigenvalue weighted by Crippen LogP contribution is -2.38. The summed E-state index contributed by atoms with van der Waals surface area (Å²) in [4.78, 5) is 15.0. The number of carbonyl (C=O) groups excluding carboxylic acids is 1. The molecule has 4 rings (SSSR count). The summed E-state index contributed by atoms with van der Waals surface area (Å²) in [6.45, 7) is 1.51. The monoisotopic (exact) mass is 326 g/mol. The Labute approximate surface area is 141 Å². The van der Waals surface area contributed by atoms with E-state index in [1.54, 1.807) is 18.0 Å². The number of ether oxygens (including phenoxy) is 1. The number of nitrogens with zero attached hydrogens (tertiary/aromatic N) is 4. The summed E-state index contributed by atoms with van der Waals surface area (Å²) in [5, 5.41) is 7.87. The second-order valence-corrected chi connectivity index (χ2v) is 6.65. The van der Waals surface area contributed by atoms with Crippen LogP contribution in [-0.4, -0.2) is 45.5 Å². The molecular weight excluding hydrogens is 304 g/mol. The Balaban J connectivity index is 1.55. The Bertz CT molecular complexity index is 725. The van der Waals surface area contributed by atoms with E-state index in [2.05, 4.69) is 10.3 Å². The van der Waals surface area contributed by atoms with Crippen molar-refractivity contribution in [3.8, 4) is 5.75 Å². The fraction of sp³-hybridized carbons (Fsp3) is 0.500. The lowest BCUT2D eigenvalue weighted by molar-refractivity contribution is 0.0721. The van der Waals surface area contributed by atoms with Crippen molar-refractivity contribution >= 4 is 5.91 Å². The highest BCUT2D eigenvalue weighted by atomic mass is 16.5. The fourth-order valence-corrected chi connectivity index (χ4v) is 3.59. The topological polar surface area (TPSA) is 60.2 Å². The zero-order chi connectivity index (χ0) is 16.5. The number of aromatic nitrogens is 3. The number of methoxy groups -OCH3 is 1. The molecule has 1 saturated heterocycles. The van der Waals surface area contributed by atoms with Gasteiger partial charge in [-0.25, -0.2) is 0 Å². The van der Waals surface area contributed by atoms with Gasteiger partial charge in [0.1, 0.15) is 5.75 Å². The highest BCUT2D eigenvalue weighted by Crippen LogP contribution is 2.44. The molecule has 0 unspecified atom stereocenters. The number of likely N-dealkylation sites (tertiary alicyclic amines) is 1. The third kappa shape index (κ3) is 2.88. The van der Waals surface area contributed by atoms with Gasteiger partial charge in [-0.15, -0.1) is 5.10 Å². The SMILES string of the molecule is COc1ccc(C(=O)N2CCC[C@H]2Cn2ccnn2)cc1C1CC1. The summed E-state index contributed by atoms with van der Waals surface area (Å²) in [5.74, 6) is 1.56. The predicted octanol–water partition coefficient (Wildman–Crippen LogP) is 2.47. The first-order valence-corrected chi connectivity index (χ1v) is 8.59. The number of carbonyl (C=O) groups is 1. The van der Waals surface area contributed by atoms with Gasteiger partial charge in [-0.05, 0) is 55.4 Å². The van der Waals surface area contributed by atoms with E-state index in [1.165, 1.54) is 18.4 Å². The van der Waals surface area contributed by atoms with E-state index >= 15 is 0 Å². The van der Waals surface area contributed by atoms with Crippen LogP contribution in [0.15, 0.2) is 30.6 Å². The van der Waals surface area contributed by atoms with Crippen molar-refractivity contribution in [2.45, 2.75) is 44.2 Å².